The summed E-state index contributed by atoms with van der Waals surface area (Å²) >= 11 is 19.6. The first-order chi connectivity index (χ1) is 14.8. The number of thioether (sulfide) groups is 1. The molecule has 4 nitrogen and oxygen atoms in total. The van der Waals surface area contributed by atoms with Gasteiger partial charge in [-0.25, -0.2) is 0 Å². The molecule has 31 heavy (non-hydrogen) atoms. The van der Waals surface area contributed by atoms with Crippen LogP contribution in [0.25, 0.3) is 0 Å². The van der Waals surface area contributed by atoms with Crippen LogP contribution in [0.3, 0.4) is 0 Å². The van der Waals surface area contributed by atoms with Gasteiger partial charge in [-0.05, 0) is 55.3 Å². The second-order valence-electron chi connectivity index (χ2n) is 7.14. The predicted octanol–water partition coefficient (Wildman–Crippen LogP) is 6.46. The number of nitrogens with one attached hydrogen (secondary N) is 1. The summed E-state index contributed by atoms with van der Waals surface area (Å²) in [6.07, 6.45) is 2.20. The Labute approximate surface area is 203 Å². The van der Waals surface area contributed by atoms with Gasteiger partial charge in [0, 0.05) is 35.2 Å². The Hall–Kier alpha value is -1.40. The third kappa shape index (κ3) is 8.57. The quantitative estimate of drug-likeness (QED) is 0.284. The number of carbonyl (C=O) groups is 2. The highest BCUT2D eigenvalue weighted by Crippen LogP contribution is 2.25. The van der Waals surface area contributed by atoms with Crippen molar-refractivity contribution in [2.75, 3.05) is 12.3 Å². The van der Waals surface area contributed by atoms with Crippen LogP contribution < -0.4 is 5.32 Å². The van der Waals surface area contributed by atoms with Gasteiger partial charge in [0.25, 0.3) is 0 Å². The minimum atomic E-state index is -0.598. The normalized spacial score (nSPS) is 11.8. The summed E-state index contributed by atoms with van der Waals surface area (Å²) in [5, 5.41) is 4.46. The van der Waals surface area contributed by atoms with Gasteiger partial charge in [0.05, 0.1) is 10.0 Å². The second-order valence-corrected chi connectivity index (χ2v) is 9.56. The molecular weight excluding hydrogens is 475 g/mol. The van der Waals surface area contributed by atoms with E-state index in [-0.39, 0.29) is 18.4 Å². The van der Waals surface area contributed by atoms with Gasteiger partial charge in [-0.1, -0.05) is 54.2 Å². The number of rotatable bonds is 11. The summed E-state index contributed by atoms with van der Waals surface area (Å²) in [4.78, 5) is 28.3. The zero-order chi connectivity index (χ0) is 22.8. The average Bonchev–Trinajstić information content (AvgIpc) is 2.75. The number of halogens is 3. The van der Waals surface area contributed by atoms with Crippen molar-refractivity contribution in [3.05, 3.63) is 63.1 Å². The first kappa shape index (κ1) is 25.9. The number of hydrogen-bond acceptors (Lipinski definition) is 3. The molecule has 0 saturated carbocycles. The molecule has 168 valence electrons. The topological polar surface area (TPSA) is 49.4 Å². The van der Waals surface area contributed by atoms with E-state index in [1.54, 1.807) is 35.7 Å². The van der Waals surface area contributed by atoms with Gasteiger partial charge in [-0.2, -0.15) is 0 Å². The van der Waals surface area contributed by atoms with Gasteiger partial charge in [-0.15, -0.1) is 11.8 Å². The Morgan fingerprint density at radius 2 is 1.77 bits per heavy atom. The number of hydrogen-bond donors (Lipinski definition) is 1. The van der Waals surface area contributed by atoms with E-state index in [0.29, 0.717) is 33.8 Å². The van der Waals surface area contributed by atoms with Crippen LogP contribution in [0, 0.1) is 0 Å². The Morgan fingerprint density at radius 1 is 1.06 bits per heavy atom. The number of benzene rings is 2. The monoisotopic (exact) mass is 500 g/mol. The van der Waals surface area contributed by atoms with E-state index >= 15 is 0 Å². The highest BCUT2D eigenvalue weighted by atomic mass is 35.5. The smallest absolute Gasteiger partial charge is 0.242 e. The molecule has 2 aromatic rings. The van der Waals surface area contributed by atoms with Gasteiger partial charge in [-0.3, -0.25) is 9.59 Å². The summed E-state index contributed by atoms with van der Waals surface area (Å²) in [5.74, 6) is 0.348. The molecule has 0 aliphatic rings. The van der Waals surface area contributed by atoms with Gasteiger partial charge < -0.3 is 10.2 Å². The summed E-state index contributed by atoms with van der Waals surface area (Å²) < 4.78 is 0. The molecule has 0 aromatic heterocycles. The molecule has 2 aromatic carbocycles. The molecule has 0 aliphatic carbocycles. The van der Waals surface area contributed by atoms with Crippen molar-refractivity contribution in [1.82, 2.24) is 10.2 Å². The van der Waals surface area contributed by atoms with Crippen LogP contribution in [0.4, 0.5) is 0 Å². The summed E-state index contributed by atoms with van der Waals surface area (Å²) in [6.45, 7) is 4.70. The summed E-state index contributed by atoms with van der Waals surface area (Å²) in [6, 6.07) is 12.1. The molecule has 2 amide bonds. The minimum absolute atomic E-state index is 0.0920. The maximum Gasteiger partial charge on any atom is 0.242 e. The highest BCUT2D eigenvalue weighted by molar-refractivity contribution is 7.99. The second kappa shape index (κ2) is 13.2. The van der Waals surface area contributed by atoms with Gasteiger partial charge >= 0.3 is 0 Å². The van der Waals surface area contributed by atoms with Gasteiger partial charge in [0.2, 0.25) is 11.8 Å². The minimum Gasteiger partial charge on any atom is -0.354 e. The Bertz CT molecular complexity index is 878. The lowest BCUT2D eigenvalue weighted by molar-refractivity contribution is -0.140. The lowest BCUT2D eigenvalue weighted by atomic mass is 10.1. The van der Waals surface area contributed by atoms with Crippen LogP contribution in [0.5, 0.6) is 0 Å². The zero-order valence-corrected chi connectivity index (χ0v) is 20.8. The lowest BCUT2D eigenvalue weighted by Crippen LogP contribution is -2.47. The van der Waals surface area contributed by atoms with Crippen molar-refractivity contribution in [1.29, 1.82) is 0 Å². The fourth-order valence-corrected chi connectivity index (χ4v) is 4.17. The van der Waals surface area contributed by atoms with Crippen molar-refractivity contribution in [3.8, 4) is 0 Å². The molecule has 1 atom stereocenters. The van der Waals surface area contributed by atoms with Crippen molar-refractivity contribution < 1.29 is 9.59 Å². The van der Waals surface area contributed by atoms with E-state index in [0.717, 1.165) is 23.3 Å². The molecule has 0 heterocycles. The molecule has 0 bridgehead atoms. The van der Waals surface area contributed by atoms with Crippen LogP contribution in [0.2, 0.25) is 15.1 Å². The largest absolute Gasteiger partial charge is 0.354 e. The average molecular weight is 502 g/mol. The fourth-order valence-electron chi connectivity index (χ4n) is 2.88. The van der Waals surface area contributed by atoms with Crippen LogP contribution in [0.1, 0.15) is 38.7 Å². The zero-order valence-electron chi connectivity index (χ0n) is 17.7. The molecule has 0 radical (unpaired) electrons. The molecule has 0 fully saturated rings. The third-order valence-corrected chi connectivity index (χ3v) is 6.74. The van der Waals surface area contributed by atoms with E-state index in [2.05, 4.69) is 12.2 Å². The van der Waals surface area contributed by atoms with Crippen LogP contribution in [0.15, 0.2) is 47.4 Å². The number of unbranched alkanes of at least 4 members (excludes halogenated alkanes) is 1. The van der Waals surface area contributed by atoms with E-state index in [9.17, 15) is 9.59 Å². The molecule has 0 unspecified atom stereocenters. The van der Waals surface area contributed by atoms with E-state index in [4.69, 9.17) is 34.8 Å². The number of amides is 2. The standard InChI is InChI=1S/C23H27Cl3N2O2S/c1-3-4-12-27-23(30)16(2)28(15-17-5-10-20(25)21(26)14-17)22(29)11-13-31-19-8-6-18(24)7-9-19/h5-10,14,16H,3-4,11-13,15H2,1-2H3,(H,27,30)/t16-/m0/s1. The van der Waals surface area contributed by atoms with E-state index in [1.165, 1.54) is 0 Å². The third-order valence-electron chi connectivity index (χ3n) is 4.73. The molecule has 1 N–H and O–H groups in total. The van der Waals surface area contributed by atoms with Crippen LogP contribution in [-0.2, 0) is 16.1 Å². The molecular formula is C23H27Cl3N2O2S. The SMILES string of the molecule is CCCCNC(=O)[C@H](C)N(Cc1ccc(Cl)c(Cl)c1)C(=O)CCSc1ccc(Cl)cc1. The molecule has 8 heteroatoms. The first-order valence-corrected chi connectivity index (χ1v) is 12.3. The molecule has 0 saturated heterocycles. The summed E-state index contributed by atoms with van der Waals surface area (Å²) in [7, 11) is 0. The van der Waals surface area contributed by atoms with Crippen LogP contribution >= 0.6 is 46.6 Å². The van der Waals surface area contributed by atoms with Crippen LogP contribution in [-0.4, -0.2) is 35.1 Å². The van der Waals surface area contributed by atoms with Crippen molar-refractivity contribution in [3.63, 3.8) is 0 Å². The predicted molar refractivity (Wildman–Crippen MR) is 131 cm³/mol. The van der Waals surface area contributed by atoms with Crippen molar-refractivity contribution in [2.45, 2.75) is 50.6 Å². The van der Waals surface area contributed by atoms with E-state index < -0.39 is 6.04 Å². The molecule has 0 spiro atoms. The number of carbonyl (C=O) groups excluding carboxylic acids is 2. The Morgan fingerprint density at radius 3 is 2.42 bits per heavy atom. The fraction of sp³-hybridized carbons (Fsp3) is 0.391. The van der Waals surface area contributed by atoms with Crippen molar-refractivity contribution >= 4 is 58.4 Å². The van der Waals surface area contributed by atoms with Crippen molar-refractivity contribution in [2.24, 2.45) is 0 Å². The molecule has 2 rings (SSSR count). The van der Waals surface area contributed by atoms with Gasteiger partial charge in [0.1, 0.15) is 6.04 Å². The highest BCUT2D eigenvalue weighted by Gasteiger charge is 2.25. The van der Waals surface area contributed by atoms with Gasteiger partial charge in [0.15, 0.2) is 0 Å². The summed E-state index contributed by atoms with van der Waals surface area (Å²) in [5.41, 5.74) is 0.821. The Balaban J connectivity index is 2.06. The Kier molecular flexibility index (Phi) is 11.0. The first-order valence-electron chi connectivity index (χ1n) is 10.2. The maximum atomic E-state index is 13.1. The number of nitrogens with zero attached hydrogens (tertiary/aromatic N) is 1. The van der Waals surface area contributed by atoms with E-state index in [1.807, 2.05) is 30.3 Å². The lowest BCUT2D eigenvalue weighted by Gasteiger charge is -2.29. The maximum absolute atomic E-state index is 13.1. The molecule has 0 aliphatic heterocycles.